The molecule has 2 rings (SSSR count). The van der Waals surface area contributed by atoms with E-state index >= 15 is 0 Å². The van der Waals surface area contributed by atoms with Crippen LogP contribution in [-0.4, -0.2) is 15.6 Å². The van der Waals surface area contributed by atoms with Crippen molar-refractivity contribution in [1.29, 1.82) is 0 Å². The Labute approximate surface area is 129 Å². The molecule has 2 aromatic rings. The van der Waals surface area contributed by atoms with Gasteiger partial charge in [-0.1, -0.05) is 28.1 Å². The zero-order valence-electron chi connectivity index (χ0n) is 12.5. The predicted octanol–water partition coefficient (Wildman–Crippen LogP) is 4.64. The van der Waals surface area contributed by atoms with Crippen molar-refractivity contribution in [3.8, 4) is 0 Å². The second-order valence-electron chi connectivity index (χ2n) is 5.64. The van der Waals surface area contributed by atoms with Crippen LogP contribution in [0.1, 0.15) is 45.0 Å². The Morgan fingerprint density at radius 2 is 1.80 bits per heavy atom. The molecule has 0 radical (unpaired) electrons. The van der Waals surface area contributed by atoms with E-state index < -0.39 is 0 Å². The number of nitrogens with zero attached hydrogens (tertiary/aromatic N) is 2. The third-order valence-corrected chi connectivity index (χ3v) is 3.63. The maximum Gasteiger partial charge on any atom is 0.203 e. The maximum atomic E-state index is 4.53. The van der Waals surface area contributed by atoms with Gasteiger partial charge in [-0.3, -0.25) is 0 Å². The van der Waals surface area contributed by atoms with Crippen molar-refractivity contribution in [2.45, 2.75) is 46.2 Å². The van der Waals surface area contributed by atoms with E-state index in [1.807, 2.05) is 6.20 Å². The van der Waals surface area contributed by atoms with Crippen LogP contribution in [-0.2, 0) is 6.42 Å². The first-order chi connectivity index (χ1) is 9.47. The van der Waals surface area contributed by atoms with Crippen LogP contribution in [0.15, 0.2) is 34.9 Å². The molecule has 0 aliphatic heterocycles. The normalized spacial score (nSPS) is 11.3. The summed E-state index contributed by atoms with van der Waals surface area (Å²) in [6.45, 7) is 8.65. The highest BCUT2D eigenvalue weighted by atomic mass is 79.9. The van der Waals surface area contributed by atoms with Gasteiger partial charge in [0.25, 0.3) is 0 Å². The molecule has 0 saturated heterocycles. The van der Waals surface area contributed by atoms with Gasteiger partial charge in [-0.2, -0.15) is 0 Å². The Morgan fingerprint density at radius 1 is 1.15 bits per heavy atom. The molecule has 0 aliphatic carbocycles. The van der Waals surface area contributed by atoms with Gasteiger partial charge < -0.3 is 9.88 Å². The topological polar surface area (TPSA) is 29.9 Å². The fraction of sp³-hybridized carbons (Fsp3) is 0.438. The molecule has 0 fully saturated rings. The first kappa shape index (κ1) is 15.1. The fourth-order valence-corrected chi connectivity index (χ4v) is 2.54. The minimum absolute atomic E-state index is 0.385. The van der Waals surface area contributed by atoms with Gasteiger partial charge in [-0.15, -0.1) is 0 Å². The van der Waals surface area contributed by atoms with E-state index in [4.69, 9.17) is 0 Å². The monoisotopic (exact) mass is 335 g/mol. The Hall–Kier alpha value is -1.29. The average molecular weight is 336 g/mol. The Kier molecular flexibility index (Phi) is 4.86. The highest BCUT2D eigenvalue weighted by Gasteiger charge is 2.13. The number of aromatic nitrogens is 2. The van der Waals surface area contributed by atoms with Gasteiger partial charge in [0, 0.05) is 28.7 Å². The maximum absolute atomic E-state index is 4.53. The first-order valence-electron chi connectivity index (χ1n) is 7.04. The summed E-state index contributed by atoms with van der Waals surface area (Å²) >= 11 is 3.47. The van der Waals surface area contributed by atoms with E-state index in [0.717, 1.165) is 16.8 Å². The molecule has 0 amide bonds. The summed E-state index contributed by atoms with van der Waals surface area (Å²) < 4.78 is 3.39. The van der Waals surface area contributed by atoms with E-state index in [2.05, 4.69) is 82.8 Å². The van der Waals surface area contributed by atoms with Crippen LogP contribution in [0, 0.1) is 0 Å². The third kappa shape index (κ3) is 3.63. The van der Waals surface area contributed by atoms with Crippen molar-refractivity contribution < 1.29 is 0 Å². The van der Waals surface area contributed by atoms with Crippen molar-refractivity contribution in [3.63, 3.8) is 0 Å². The Bertz CT molecular complexity index is 556. The van der Waals surface area contributed by atoms with Crippen LogP contribution in [0.3, 0.4) is 0 Å². The zero-order chi connectivity index (χ0) is 14.7. The van der Waals surface area contributed by atoms with Gasteiger partial charge in [0.05, 0.1) is 6.20 Å². The molecule has 0 saturated carbocycles. The zero-order valence-corrected chi connectivity index (χ0v) is 14.1. The third-order valence-electron chi connectivity index (χ3n) is 3.11. The van der Waals surface area contributed by atoms with E-state index in [0.29, 0.717) is 12.1 Å². The number of halogens is 1. The van der Waals surface area contributed by atoms with Crippen LogP contribution >= 0.6 is 15.9 Å². The van der Waals surface area contributed by atoms with Gasteiger partial charge in [0.1, 0.15) is 0 Å². The lowest BCUT2D eigenvalue weighted by Crippen LogP contribution is -2.17. The predicted molar refractivity (Wildman–Crippen MR) is 88.3 cm³/mol. The van der Waals surface area contributed by atoms with E-state index in [1.54, 1.807) is 0 Å². The highest BCUT2D eigenvalue weighted by molar-refractivity contribution is 9.10. The second-order valence-corrected chi connectivity index (χ2v) is 6.55. The standard InChI is InChI=1S/C16H22BrN3/c1-11(2)19-16-18-10-15(20(16)12(3)4)9-13-5-7-14(17)8-6-13/h5-8,10-12H,9H2,1-4H3,(H,18,19). The highest BCUT2D eigenvalue weighted by Crippen LogP contribution is 2.21. The van der Waals surface area contributed by atoms with Gasteiger partial charge in [-0.05, 0) is 45.4 Å². The number of hydrogen-bond donors (Lipinski definition) is 1. The second kappa shape index (κ2) is 6.44. The van der Waals surface area contributed by atoms with E-state index in [9.17, 15) is 0 Å². The Balaban J connectivity index is 2.27. The molecule has 20 heavy (non-hydrogen) atoms. The summed E-state index contributed by atoms with van der Waals surface area (Å²) in [5, 5.41) is 3.41. The molecule has 1 aromatic carbocycles. The van der Waals surface area contributed by atoms with Gasteiger partial charge in [-0.25, -0.2) is 4.98 Å². The first-order valence-corrected chi connectivity index (χ1v) is 7.83. The van der Waals surface area contributed by atoms with E-state index in [1.165, 1.54) is 11.3 Å². The fourth-order valence-electron chi connectivity index (χ4n) is 2.28. The average Bonchev–Trinajstić information content (AvgIpc) is 2.74. The van der Waals surface area contributed by atoms with Crippen molar-refractivity contribution in [2.24, 2.45) is 0 Å². The quantitative estimate of drug-likeness (QED) is 0.862. The SMILES string of the molecule is CC(C)Nc1ncc(Cc2ccc(Br)cc2)n1C(C)C. The van der Waals surface area contributed by atoms with Gasteiger partial charge >= 0.3 is 0 Å². The summed E-state index contributed by atoms with van der Waals surface area (Å²) in [6, 6.07) is 9.24. The van der Waals surface area contributed by atoms with Crippen molar-refractivity contribution in [3.05, 3.63) is 46.2 Å². The lowest BCUT2D eigenvalue weighted by atomic mass is 10.1. The summed E-state index contributed by atoms with van der Waals surface area (Å²) in [5.74, 6) is 0.960. The molecule has 0 spiro atoms. The van der Waals surface area contributed by atoms with Crippen LogP contribution in [0.2, 0.25) is 0 Å². The van der Waals surface area contributed by atoms with Crippen LogP contribution in [0.4, 0.5) is 5.95 Å². The smallest absolute Gasteiger partial charge is 0.203 e. The summed E-state index contributed by atoms with van der Waals surface area (Å²) in [7, 11) is 0. The molecule has 0 aliphatic rings. The molecule has 1 aromatic heterocycles. The molecule has 1 N–H and O–H groups in total. The molecule has 4 heteroatoms. The number of hydrogen-bond acceptors (Lipinski definition) is 2. The summed E-state index contributed by atoms with van der Waals surface area (Å²) in [6.07, 6.45) is 2.88. The van der Waals surface area contributed by atoms with Crippen molar-refractivity contribution in [2.75, 3.05) is 5.32 Å². The number of anilines is 1. The number of benzene rings is 1. The lowest BCUT2D eigenvalue weighted by Gasteiger charge is -2.18. The molecule has 3 nitrogen and oxygen atoms in total. The summed E-state index contributed by atoms with van der Waals surface area (Å²) in [4.78, 5) is 4.53. The Morgan fingerprint density at radius 3 is 2.35 bits per heavy atom. The summed E-state index contributed by atoms with van der Waals surface area (Å²) in [5.41, 5.74) is 2.54. The lowest BCUT2D eigenvalue weighted by molar-refractivity contribution is 0.581. The minimum Gasteiger partial charge on any atom is -0.353 e. The van der Waals surface area contributed by atoms with E-state index in [-0.39, 0.29) is 0 Å². The van der Waals surface area contributed by atoms with Gasteiger partial charge in [0.2, 0.25) is 5.95 Å². The molecular formula is C16H22BrN3. The molecule has 108 valence electrons. The van der Waals surface area contributed by atoms with Crippen LogP contribution < -0.4 is 5.32 Å². The number of imidazole rings is 1. The van der Waals surface area contributed by atoms with Crippen LogP contribution in [0.5, 0.6) is 0 Å². The largest absolute Gasteiger partial charge is 0.353 e. The van der Waals surface area contributed by atoms with Gasteiger partial charge in [0.15, 0.2) is 0 Å². The number of rotatable bonds is 5. The van der Waals surface area contributed by atoms with Crippen LogP contribution in [0.25, 0.3) is 0 Å². The van der Waals surface area contributed by atoms with Crippen molar-refractivity contribution in [1.82, 2.24) is 9.55 Å². The van der Waals surface area contributed by atoms with Crippen molar-refractivity contribution >= 4 is 21.9 Å². The molecular weight excluding hydrogens is 314 g/mol. The molecule has 1 heterocycles. The number of nitrogens with one attached hydrogen (secondary N) is 1. The molecule has 0 unspecified atom stereocenters. The molecule has 0 bridgehead atoms. The molecule has 0 atom stereocenters. The minimum atomic E-state index is 0.385.